The Morgan fingerprint density at radius 2 is 2.00 bits per heavy atom. The van der Waals surface area contributed by atoms with Crippen molar-refractivity contribution in [2.45, 2.75) is 46.1 Å². The van der Waals surface area contributed by atoms with Gasteiger partial charge in [-0.1, -0.05) is 13.8 Å². The van der Waals surface area contributed by atoms with E-state index in [-0.39, 0.29) is 12.0 Å². The van der Waals surface area contributed by atoms with Crippen molar-refractivity contribution in [2.75, 3.05) is 17.7 Å². The quantitative estimate of drug-likeness (QED) is 0.867. The first-order chi connectivity index (χ1) is 9.08. The zero-order valence-electron chi connectivity index (χ0n) is 11.9. The van der Waals surface area contributed by atoms with Crippen molar-refractivity contribution in [3.63, 3.8) is 0 Å². The molecule has 0 spiro atoms. The number of nitrogens with one attached hydrogen (secondary N) is 1. The second-order valence-corrected chi connectivity index (χ2v) is 5.34. The summed E-state index contributed by atoms with van der Waals surface area (Å²) in [7, 11) is 0. The highest BCUT2D eigenvalue weighted by Crippen LogP contribution is 2.30. The van der Waals surface area contributed by atoms with Gasteiger partial charge in [0, 0.05) is 6.04 Å². The van der Waals surface area contributed by atoms with Gasteiger partial charge < -0.3 is 15.8 Å². The molecule has 3 unspecified atom stereocenters. The molecule has 6 nitrogen and oxygen atoms in total. The average molecular weight is 265 g/mol. The molecule has 0 saturated heterocycles. The van der Waals surface area contributed by atoms with Gasteiger partial charge in [-0.05, 0) is 38.0 Å². The maximum absolute atomic E-state index is 5.66. The predicted octanol–water partition coefficient (Wildman–Crippen LogP) is 2.09. The van der Waals surface area contributed by atoms with Gasteiger partial charge in [-0.2, -0.15) is 15.0 Å². The molecule has 0 aromatic carbocycles. The van der Waals surface area contributed by atoms with E-state index in [0.717, 1.165) is 24.7 Å². The summed E-state index contributed by atoms with van der Waals surface area (Å²) in [4.78, 5) is 12.3. The molecule has 3 atom stereocenters. The summed E-state index contributed by atoms with van der Waals surface area (Å²) >= 11 is 0. The number of hydrogen-bond acceptors (Lipinski definition) is 6. The Kier molecular flexibility index (Phi) is 4.39. The van der Waals surface area contributed by atoms with E-state index in [9.17, 15) is 0 Å². The lowest BCUT2D eigenvalue weighted by Crippen LogP contribution is -2.31. The molecule has 3 N–H and O–H groups in total. The van der Waals surface area contributed by atoms with Crippen LogP contribution in [0.15, 0.2) is 0 Å². The lowest BCUT2D eigenvalue weighted by Gasteiger charge is -2.32. The van der Waals surface area contributed by atoms with Crippen molar-refractivity contribution in [2.24, 2.45) is 11.8 Å². The molecule has 1 heterocycles. The van der Waals surface area contributed by atoms with Gasteiger partial charge >= 0.3 is 6.01 Å². The topological polar surface area (TPSA) is 86.0 Å². The van der Waals surface area contributed by atoms with Gasteiger partial charge in [0.15, 0.2) is 0 Å². The van der Waals surface area contributed by atoms with Gasteiger partial charge in [-0.25, -0.2) is 0 Å². The zero-order valence-corrected chi connectivity index (χ0v) is 11.9. The van der Waals surface area contributed by atoms with Crippen LogP contribution in [0.5, 0.6) is 6.01 Å². The number of aromatic nitrogens is 3. The van der Waals surface area contributed by atoms with E-state index >= 15 is 0 Å². The van der Waals surface area contributed by atoms with Crippen LogP contribution in [0.4, 0.5) is 11.9 Å². The van der Waals surface area contributed by atoms with E-state index in [1.54, 1.807) is 0 Å². The van der Waals surface area contributed by atoms with E-state index in [1.807, 2.05) is 6.92 Å². The van der Waals surface area contributed by atoms with Crippen LogP contribution in [0.2, 0.25) is 0 Å². The minimum Gasteiger partial charge on any atom is -0.464 e. The summed E-state index contributed by atoms with van der Waals surface area (Å²) in [6, 6.07) is 0.692. The summed E-state index contributed by atoms with van der Waals surface area (Å²) in [5, 5.41) is 3.35. The van der Waals surface area contributed by atoms with Crippen molar-refractivity contribution < 1.29 is 4.74 Å². The molecule has 0 radical (unpaired) electrons. The van der Waals surface area contributed by atoms with Gasteiger partial charge in [-0.15, -0.1) is 0 Å². The van der Waals surface area contributed by atoms with Crippen LogP contribution < -0.4 is 15.8 Å². The highest BCUT2D eigenvalue weighted by molar-refractivity contribution is 5.33. The molecule has 19 heavy (non-hydrogen) atoms. The highest BCUT2D eigenvalue weighted by Gasteiger charge is 2.25. The van der Waals surface area contributed by atoms with Gasteiger partial charge in [0.2, 0.25) is 11.9 Å². The molecule has 1 aromatic rings. The van der Waals surface area contributed by atoms with Gasteiger partial charge in [0.25, 0.3) is 0 Å². The van der Waals surface area contributed by atoms with Crippen LogP contribution in [-0.4, -0.2) is 27.6 Å². The first kappa shape index (κ1) is 13.8. The fourth-order valence-corrected chi connectivity index (χ4v) is 2.49. The molecule has 106 valence electrons. The molecule has 1 saturated carbocycles. The first-order valence-corrected chi connectivity index (χ1v) is 6.99. The molecule has 0 amide bonds. The van der Waals surface area contributed by atoms with Crippen molar-refractivity contribution in [3.8, 4) is 6.01 Å². The van der Waals surface area contributed by atoms with Crippen molar-refractivity contribution >= 4 is 11.9 Å². The van der Waals surface area contributed by atoms with Crippen molar-refractivity contribution in [1.29, 1.82) is 0 Å². The molecule has 2 rings (SSSR count). The smallest absolute Gasteiger partial charge is 0.323 e. The average Bonchev–Trinajstić information content (AvgIpc) is 2.33. The number of anilines is 2. The molecule has 1 fully saturated rings. The molecule has 1 aromatic heterocycles. The Morgan fingerprint density at radius 1 is 1.21 bits per heavy atom. The Hall–Kier alpha value is -1.59. The van der Waals surface area contributed by atoms with Gasteiger partial charge in [0.05, 0.1) is 6.61 Å². The molecule has 6 heteroatoms. The summed E-state index contributed by atoms with van der Waals surface area (Å²) in [5.74, 6) is 2.22. The first-order valence-electron chi connectivity index (χ1n) is 6.99. The largest absolute Gasteiger partial charge is 0.464 e. The zero-order chi connectivity index (χ0) is 13.8. The third-order valence-electron chi connectivity index (χ3n) is 3.84. The Labute approximate surface area is 114 Å². The number of rotatable bonds is 4. The third kappa shape index (κ3) is 3.68. The van der Waals surface area contributed by atoms with Crippen LogP contribution in [-0.2, 0) is 0 Å². The summed E-state index contributed by atoms with van der Waals surface area (Å²) in [6.45, 7) is 7.01. The molecule has 1 aliphatic carbocycles. The summed E-state index contributed by atoms with van der Waals surface area (Å²) in [6.07, 6.45) is 3.51. The number of nitrogens with two attached hydrogens (primary N) is 1. The normalized spacial score (nSPS) is 27.0. The molecular weight excluding hydrogens is 242 g/mol. The van der Waals surface area contributed by atoms with E-state index in [2.05, 4.69) is 34.1 Å². The van der Waals surface area contributed by atoms with Crippen LogP contribution in [0.1, 0.15) is 40.0 Å². The molecule has 0 bridgehead atoms. The lowest BCUT2D eigenvalue weighted by molar-refractivity contribution is 0.260. The Morgan fingerprint density at radius 3 is 2.68 bits per heavy atom. The number of nitrogen functional groups attached to an aromatic ring is 1. The van der Waals surface area contributed by atoms with Crippen LogP contribution >= 0.6 is 0 Å². The van der Waals surface area contributed by atoms with E-state index in [1.165, 1.54) is 6.42 Å². The Bertz CT molecular complexity index is 425. The highest BCUT2D eigenvalue weighted by atomic mass is 16.5. The fourth-order valence-electron chi connectivity index (χ4n) is 2.49. The monoisotopic (exact) mass is 265 g/mol. The SMILES string of the molecule is CCOc1nc(N)nc(NC2CCC(C)C(C)C2)n1. The molecule has 1 aliphatic rings. The van der Waals surface area contributed by atoms with Crippen LogP contribution in [0, 0.1) is 11.8 Å². The van der Waals surface area contributed by atoms with E-state index in [0.29, 0.717) is 18.6 Å². The van der Waals surface area contributed by atoms with Gasteiger partial charge in [-0.3, -0.25) is 0 Å². The van der Waals surface area contributed by atoms with Crippen molar-refractivity contribution in [1.82, 2.24) is 15.0 Å². The van der Waals surface area contributed by atoms with Crippen LogP contribution in [0.3, 0.4) is 0 Å². The van der Waals surface area contributed by atoms with E-state index < -0.39 is 0 Å². The standard InChI is InChI=1S/C13H23N5O/c1-4-19-13-17-11(14)16-12(18-13)15-10-6-5-8(2)9(3)7-10/h8-10H,4-7H2,1-3H3,(H3,14,15,16,17,18). The van der Waals surface area contributed by atoms with Crippen LogP contribution in [0.25, 0.3) is 0 Å². The second-order valence-electron chi connectivity index (χ2n) is 5.34. The van der Waals surface area contributed by atoms with E-state index in [4.69, 9.17) is 10.5 Å². The predicted molar refractivity (Wildman–Crippen MR) is 75.0 cm³/mol. The Balaban J connectivity index is 2.02. The number of ether oxygens (including phenoxy) is 1. The number of hydrogen-bond donors (Lipinski definition) is 2. The second kappa shape index (κ2) is 6.04. The third-order valence-corrected chi connectivity index (χ3v) is 3.84. The minimum absolute atomic E-state index is 0.193. The molecular formula is C13H23N5O. The number of nitrogens with zero attached hydrogens (tertiary/aromatic N) is 3. The summed E-state index contributed by atoms with van der Waals surface area (Å²) in [5.41, 5.74) is 5.66. The lowest BCUT2D eigenvalue weighted by atomic mass is 9.79. The minimum atomic E-state index is 0.193. The molecule has 0 aliphatic heterocycles. The fraction of sp³-hybridized carbons (Fsp3) is 0.769. The maximum Gasteiger partial charge on any atom is 0.323 e. The maximum atomic E-state index is 5.66. The van der Waals surface area contributed by atoms with Gasteiger partial charge in [0.1, 0.15) is 0 Å². The summed E-state index contributed by atoms with van der Waals surface area (Å²) < 4.78 is 5.27. The van der Waals surface area contributed by atoms with Crippen molar-refractivity contribution in [3.05, 3.63) is 0 Å².